The van der Waals surface area contributed by atoms with E-state index in [1.165, 1.54) is 0 Å². The van der Waals surface area contributed by atoms with Crippen LogP contribution in [0.2, 0.25) is 0 Å². The highest BCUT2D eigenvalue weighted by Gasteiger charge is 2.73. The molecule has 1 N–H and O–H groups in total. The first-order valence-corrected chi connectivity index (χ1v) is 12.2. The highest BCUT2D eigenvalue weighted by atomic mass is 32.2. The average molecular weight is 530 g/mol. The van der Waals surface area contributed by atoms with E-state index in [4.69, 9.17) is 0 Å². The zero-order valence-electron chi connectivity index (χ0n) is 18.8. The van der Waals surface area contributed by atoms with Crippen LogP contribution in [0.5, 0.6) is 0 Å². The molecule has 0 amide bonds. The van der Waals surface area contributed by atoms with Crippen molar-refractivity contribution in [3.63, 3.8) is 0 Å². The van der Waals surface area contributed by atoms with Crippen LogP contribution in [0.15, 0.2) is 83.8 Å². The van der Waals surface area contributed by atoms with Gasteiger partial charge in [-0.3, -0.25) is 0 Å². The van der Waals surface area contributed by atoms with Crippen LogP contribution in [0.3, 0.4) is 0 Å². The Bertz CT molecular complexity index is 1160. The number of benzene rings is 3. The standard InChI is InChI=1S/C26H22F7NOS/c27-24(25(28,29)30,26(31,32)33)21-11-9-20(10-12-21)23(13-14-34-17-23)36(35)22-8-4-7-19(16-22)15-18-5-2-1-3-6-18/h1-12,16,34H,13-15,17H2. The smallest absolute Gasteiger partial charge is 0.435 e. The third kappa shape index (κ3) is 4.73. The number of nitrogens with one attached hydrogen (secondary N) is 1. The molecule has 192 valence electrons. The van der Waals surface area contributed by atoms with Gasteiger partial charge in [0.25, 0.3) is 0 Å². The molecule has 2 unspecified atom stereocenters. The van der Waals surface area contributed by atoms with Gasteiger partial charge in [-0.1, -0.05) is 66.7 Å². The lowest BCUT2D eigenvalue weighted by atomic mass is 9.90. The van der Waals surface area contributed by atoms with Gasteiger partial charge in [0.05, 0.1) is 6.54 Å². The van der Waals surface area contributed by atoms with Crippen LogP contribution in [-0.4, -0.2) is 30.0 Å². The maximum absolute atomic E-state index is 14.5. The molecule has 0 bridgehead atoms. The summed E-state index contributed by atoms with van der Waals surface area (Å²) in [6, 6.07) is 19.7. The van der Waals surface area contributed by atoms with E-state index in [0.29, 0.717) is 36.4 Å². The van der Waals surface area contributed by atoms with Crippen LogP contribution in [0, 0.1) is 0 Å². The maximum atomic E-state index is 14.5. The van der Waals surface area contributed by atoms with E-state index < -0.39 is 39.5 Å². The third-order valence-corrected chi connectivity index (χ3v) is 8.40. The molecule has 3 aromatic rings. The monoisotopic (exact) mass is 529 g/mol. The van der Waals surface area contributed by atoms with E-state index >= 15 is 0 Å². The number of rotatable bonds is 6. The molecule has 1 heterocycles. The molecule has 0 saturated carbocycles. The molecule has 36 heavy (non-hydrogen) atoms. The van der Waals surface area contributed by atoms with Crippen molar-refractivity contribution in [2.45, 2.75) is 40.5 Å². The fraction of sp³-hybridized carbons (Fsp3) is 0.308. The average Bonchev–Trinajstić information content (AvgIpc) is 3.34. The SMILES string of the molecule is [O-][S+](c1cccc(Cc2ccccc2)c1)C1(c2ccc(C(F)(C(F)(F)F)C(F)(F)F)cc2)CCNC1. The van der Waals surface area contributed by atoms with Gasteiger partial charge in [0.15, 0.2) is 9.64 Å². The molecule has 0 aromatic heterocycles. The van der Waals surface area contributed by atoms with E-state index in [-0.39, 0.29) is 12.1 Å². The molecule has 3 aromatic carbocycles. The Labute approximate surface area is 206 Å². The van der Waals surface area contributed by atoms with Gasteiger partial charge in [-0.05, 0) is 40.9 Å². The van der Waals surface area contributed by atoms with Crippen LogP contribution >= 0.6 is 0 Å². The second-order valence-electron chi connectivity index (χ2n) is 8.73. The quantitative estimate of drug-likeness (QED) is 0.290. The highest BCUT2D eigenvalue weighted by Crippen LogP contribution is 2.53. The molecular weight excluding hydrogens is 507 g/mol. The van der Waals surface area contributed by atoms with Gasteiger partial charge in [-0.15, -0.1) is 0 Å². The van der Waals surface area contributed by atoms with Crippen molar-refractivity contribution in [3.8, 4) is 0 Å². The molecular formula is C26H22F7NOS. The lowest BCUT2D eigenvalue weighted by Gasteiger charge is -2.33. The van der Waals surface area contributed by atoms with Crippen molar-refractivity contribution in [3.05, 3.63) is 101 Å². The fourth-order valence-corrected chi connectivity index (χ4v) is 6.28. The van der Waals surface area contributed by atoms with Gasteiger partial charge < -0.3 is 9.87 Å². The van der Waals surface area contributed by atoms with E-state index in [1.807, 2.05) is 36.4 Å². The first kappa shape index (κ1) is 26.5. The van der Waals surface area contributed by atoms with Crippen molar-refractivity contribution >= 4 is 11.2 Å². The molecule has 1 aliphatic rings. The maximum Gasteiger partial charge on any atom is 0.435 e. The molecule has 0 aliphatic carbocycles. The Hall–Kier alpha value is -2.56. The van der Waals surface area contributed by atoms with Gasteiger partial charge in [-0.2, -0.15) is 26.3 Å². The molecule has 10 heteroatoms. The number of halogens is 7. The van der Waals surface area contributed by atoms with Crippen LogP contribution in [-0.2, 0) is 28.0 Å². The van der Waals surface area contributed by atoms with Crippen molar-refractivity contribution in [2.24, 2.45) is 0 Å². The number of alkyl halides is 7. The predicted molar refractivity (Wildman–Crippen MR) is 123 cm³/mol. The third-order valence-electron chi connectivity index (χ3n) is 6.42. The number of hydrogen-bond donors (Lipinski definition) is 1. The summed E-state index contributed by atoms with van der Waals surface area (Å²) in [5, 5.41) is 3.08. The zero-order chi connectivity index (χ0) is 26.2. The second kappa shape index (κ2) is 9.72. The predicted octanol–water partition coefficient (Wildman–Crippen LogP) is 6.56. The lowest BCUT2D eigenvalue weighted by Crippen LogP contribution is -2.50. The minimum Gasteiger partial charge on any atom is -0.611 e. The van der Waals surface area contributed by atoms with Crippen LogP contribution < -0.4 is 5.32 Å². The van der Waals surface area contributed by atoms with E-state index in [1.54, 1.807) is 18.2 Å². The summed E-state index contributed by atoms with van der Waals surface area (Å²) in [6.45, 7) is 0.649. The minimum atomic E-state index is -6.19. The molecule has 1 saturated heterocycles. The Kier molecular flexibility index (Phi) is 7.15. The zero-order valence-corrected chi connectivity index (χ0v) is 19.6. The fourth-order valence-electron chi connectivity index (χ4n) is 4.50. The summed E-state index contributed by atoms with van der Waals surface area (Å²) in [5.41, 5.74) is -4.85. The summed E-state index contributed by atoms with van der Waals surface area (Å²) in [6.07, 6.45) is -11.5. The van der Waals surface area contributed by atoms with Crippen molar-refractivity contribution in [1.29, 1.82) is 0 Å². The van der Waals surface area contributed by atoms with Gasteiger partial charge in [-0.25, -0.2) is 4.39 Å². The first-order chi connectivity index (χ1) is 16.9. The molecule has 0 spiro atoms. The molecule has 2 nitrogen and oxygen atoms in total. The molecule has 2 atom stereocenters. The first-order valence-electron chi connectivity index (χ1n) is 11.1. The Morgan fingerprint density at radius 1 is 0.778 bits per heavy atom. The van der Waals surface area contributed by atoms with Gasteiger partial charge in [0.1, 0.15) is 0 Å². The normalized spacial score (nSPS) is 19.9. The molecule has 4 rings (SSSR count). The molecule has 1 fully saturated rings. The Morgan fingerprint density at radius 2 is 1.39 bits per heavy atom. The van der Waals surface area contributed by atoms with Crippen molar-refractivity contribution in [1.82, 2.24) is 5.32 Å². The Morgan fingerprint density at radius 3 is 1.94 bits per heavy atom. The van der Waals surface area contributed by atoms with Gasteiger partial charge in [0, 0.05) is 24.1 Å². The number of hydrogen-bond acceptors (Lipinski definition) is 2. The molecule has 1 aliphatic heterocycles. The summed E-state index contributed by atoms with van der Waals surface area (Å²) in [5.74, 6) is 0. The summed E-state index contributed by atoms with van der Waals surface area (Å²) in [4.78, 5) is 0.488. The minimum absolute atomic E-state index is 0.196. The van der Waals surface area contributed by atoms with Gasteiger partial charge in [0.2, 0.25) is 0 Å². The van der Waals surface area contributed by atoms with E-state index in [0.717, 1.165) is 23.3 Å². The topological polar surface area (TPSA) is 35.1 Å². The Balaban J connectivity index is 1.68. The largest absolute Gasteiger partial charge is 0.611 e. The van der Waals surface area contributed by atoms with Crippen LogP contribution in [0.1, 0.15) is 28.7 Å². The van der Waals surface area contributed by atoms with Crippen molar-refractivity contribution < 1.29 is 35.3 Å². The lowest BCUT2D eigenvalue weighted by molar-refractivity contribution is -0.348. The second-order valence-corrected chi connectivity index (χ2v) is 10.5. The highest BCUT2D eigenvalue weighted by molar-refractivity contribution is 7.92. The summed E-state index contributed by atoms with van der Waals surface area (Å²) >= 11 is -1.70. The van der Waals surface area contributed by atoms with Crippen molar-refractivity contribution in [2.75, 3.05) is 13.1 Å². The van der Waals surface area contributed by atoms with Crippen LogP contribution in [0.4, 0.5) is 30.7 Å². The van der Waals surface area contributed by atoms with Crippen LogP contribution in [0.25, 0.3) is 0 Å². The summed E-state index contributed by atoms with van der Waals surface area (Å²) < 4.78 is 106. The summed E-state index contributed by atoms with van der Waals surface area (Å²) in [7, 11) is 0. The van der Waals surface area contributed by atoms with Gasteiger partial charge >= 0.3 is 18.0 Å². The van der Waals surface area contributed by atoms with E-state index in [2.05, 4.69) is 5.32 Å². The molecule has 0 radical (unpaired) electrons. The van der Waals surface area contributed by atoms with E-state index in [9.17, 15) is 35.3 Å².